The van der Waals surface area contributed by atoms with Gasteiger partial charge in [0.15, 0.2) is 17.1 Å². The Morgan fingerprint density at radius 1 is 1.16 bits per heavy atom. The van der Waals surface area contributed by atoms with Crippen molar-refractivity contribution in [1.29, 1.82) is 0 Å². The van der Waals surface area contributed by atoms with Crippen LogP contribution in [0.15, 0.2) is 53.7 Å². The van der Waals surface area contributed by atoms with Crippen LogP contribution in [0.2, 0.25) is 5.02 Å². The fourth-order valence-corrected chi connectivity index (χ4v) is 3.60. The second kappa shape index (κ2) is 7.93. The van der Waals surface area contributed by atoms with Gasteiger partial charge in [-0.1, -0.05) is 47.6 Å². The Labute approximate surface area is 157 Å². The van der Waals surface area contributed by atoms with Crippen molar-refractivity contribution in [1.82, 2.24) is 14.8 Å². The molecular weight excluding hydrogens is 354 g/mol. The van der Waals surface area contributed by atoms with E-state index in [2.05, 4.69) is 16.3 Å². The number of aryl methyl sites for hydroxylation is 1. The number of halogens is 1. The van der Waals surface area contributed by atoms with Crippen molar-refractivity contribution in [2.75, 3.05) is 0 Å². The summed E-state index contributed by atoms with van der Waals surface area (Å²) in [6.45, 7) is 4.03. The third-order valence-electron chi connectivity index (χ3n) is 3.79. The molecule has 1 aromatic heterocycles. The van der Waals surface area contributed by atoms with Gasteiger partial charge in [-0.25, -0.2) is 0 Å². The first kappa shape index (κ1) is 17.8. The lowest BCUT2D eigenvalue weighted by atomic mass is 10.2. The number of hydrogen-bond donors (Lipinski definition) is 0. The van der Waals surface area contributed by atoms with Crippen LogP contribution in [0, 0.1) is 6.92 Å². The fraction of sp³-hybridized carbons (Fsp3) is 0.263. The number of nitrogens with zero attached hydrogens (tertiary/aromatic N) is 3. The topological polar surface area (TPSA) is 39.9 Å². The summed E-state index contributed by atoms with van der Waals surface area (Å²) in [4.78, 5) is 0. The fourth-order valence-electron chi connectivity index (χ4n) is 2.53. The molecule has 0 saturated heterocycles. The Morgan fingerprint density at radius 2 is 1.96 bits per heavy atom. The van der Waals surface area contributed by atoms with Crippen LogP contribution in [0.5, 0.6) is 5.75 Å². The van der Waals surface area contributed by atoms with E-state index in [0.29, 0.717) is 0 Å². The lowest BCUT2D eigenvalue weighted by Crippen LogP contribution is -2.10. The lowest BCUT2D eigenvalue weighted by Gasteiger charge is -2.14. The predicted octanol–water partition coefficient (Wildman–Crippen LogP) is 5.21. The highest BCUT2D eigenvalue weighted by Crippen LogP contribution is 2.26. The second-order valence-corrected chi connectivity index (χ2v) is 7.27. The van der Waals surface area contributed by atoms with Gasteiger partial charge in [-0.3, -0.25) is 0 Å². The summed E-state index contributed by atoms with van der Waals surface area (Å²) in [5.41, 5.74) is 2.33. The van der Waals surface area contributed by atoms with Crippen LogP contribution in [0.1, 0.15) is 30.0 Å². The quantitative estimate of drug-likeness (QED) is 0.556. The molecule has 1 heterocycles. The van der Waals surface area contributed by atoms with Crippen molar-refractivity contribution in [2.45, 2.75) is 30.9 Å². The maximum atomic E-state index is 6.03. The van der Waals surface area contributed by atoms with Crippen molar-refractivity contribution in [3.63, 3.8) is 0 Å². The highest BCUT2D eigenvalue weighted by Gasteiger charge is 2.17. The first-order valence-corrected chi connectivity index (χ1v) is 9.39. The van der Waals surface area contributed by atoms with Gasteiger partial charge in [-0.2, -0.15) is 0 Å². The third-order valence-corrected chi connectivity index (χ3v) is 5.12. The summed E-state index contributed by atoms with van der Waals surface area (Å²) in [5.74, 6) is 2.43. The second-order valence-electron chi connectivity index (χ2n) is 5.89. The molecule has 0 saturated carbocycles. The molecule has 1 unspecified atom stereocenters. The highest BCUT2D eigenvalue weighted by atomic mass is 35.5. The van der Waals surface area contributed by atoms with E-state index in [-0.39, 0.29) is 6.10 Å². The van der Waals surface area contributed by atoms with E-state index < -0.39 is 0 Å². The van der Waals surface area contributed by atoms with E-state index in [0.717, 1.165) is 33.1 Å². The summed E-state index contributed by atoms with van der Waals surface area (Å²) in [5, 5.41) is 10.2. The molecule has 0 aliphatic rings. The monoisotopic (exact) mass is 373 g/mol. The van der Waals surface area contributed by atoms with Crippen LogP contribution in [0.4, 0.5) is 0 Å². The zero-order valence-corrected chi connectivity index (χ0v) is 16.0. The van der Waals surface area contributed by atoms with Crippen molar-refractivity contribution in [3.05, 3.63) is 70.5 Å². The number of ether oxygens (including phenoxy) is 1. The number of rotatable bonds is 6. The van der Waals surface area contributed by atoms with Gasteiger partial charge in [0.05, 0.1) is 0 Å². The van der Waals surface area contributed by atoms with E-state index in [9.17, 15) is 0 Å². The number of thioether (sulfide) groups is 1. The summed E-state index contributed by atoms with van der Waals surface area (Å²) >= 11 is 7.66. The Hall–Kier alpha value is -1.98. The highest BCUT2D eigenvalue weighted by molar-refractivity contribution is 7.98. The molecule has 4 nitrogen and oxygen atoms in total. The number of aromatic nitrogens is 3. The molecule has 3 rings (SSSR count). The Morgan fingerprint density at radius 3 is 2.72 bits per heavy atom. The van der Waals surface area contributed by atoms with Gasteiger partial charge in [-0.15, -0.1) is 10.2 Å². The van der Waals surface area contributed by atoms with Gasteiger partial charge in [0.1, 0.15) is 5.75 Å². The Kier molecular flexibility index (Phi) is 5.66. The molecule has 2 aromatic carbocycles. The van der Waals surface area contributed by atoms with Crippen LogP contribution >= 0.6 is 23.4 Å². The third kappa shape index (κ3) is 4.55. The number of hydrogen-bond acceptors (Lipinski definition) is 4. The molecule has 0 aliphatic carbocycles. The minimum atomic E-state index is -0.181. The van der Waals surface area contributed by atoms with Crippen molar-refractivity contribution < 1.29 is 4.74 Å². The molecule has 0 radical (unpaired) electrons. The van der Waals surface area contributed by atoms with E-state index >= 15 is 0 Å². The molecule has 130 valence electrons. The van der Waals surface area contributed by atoms with Crippen LogP contribution in [-0.4, -0.2) is 14.8 Å². The minimum Gasteiger partial charge on any atom is -0.483 e. The molecule has 3 aromatic rings. The van der Waals surface area contributed by atoms with Gasteiger partial charge in [0.25, 0.3) is 0 Å². The van der Waals surface area contributed by atoms with E-state index in [1.807, 2.05) is 67.9 Å². The minimum absolute atomic E-state index is 0.181. The first-order chi connectivity index (χ1) is 12.0. The first-order valence-electron chi connectivity index (χ1n) is 8.03. The Balaban J connectivity index is 1.67. The average molecular weight is 374 g/mol. The average Bonchev–Trinajstić information content (AvgIpc) is 2.94. The van der Waals surface area contributed by atoms with Crippen molar-refractivity contribution >= 4 is 23.4 Å². The molecule has 0 fully saturated rings. The van der Waals surface area contributed by atoms with Crippen molar-refractivity contribution in [2.24, 2.45) is 7.05 Å². The number of benzene rings is 2. The predicted molar refractivity (Wildman–Crippen MR) is 102 cm³/mol. The van der Waals surface area contributed by atoms with Gasteiger partial charge in [-0.05, 0) is 49.2 Å². The van der Waals surface area contributed by atoms with Gasteiger partial charge in [0, 0.05) is 17.8 Å². The lowest BCUT2D eigenvalue weighted by molar-refractivity contribution is 0.211. The molecular formula is C19H20ClN3OS. The van der Waals surface area contributed by atoms with E-state index in [1.54, 1.807) is 11.8 Å². The smallest absolute Gasteiger partial charge is 0.191 e. The molecule has 0 bridgehead atoms. The standard InChI is InChI=1S/C19H20ClN3OS/c1-13-6-4-9-17(10-13)24-14(2)18-21-22-19(23(18)3)25-12-15-7-5-8-16(20)11-15/h4-11,14H,12H2,1-3H3. The van der Waals surface area contributed by atoms with E-state index in [1.165, 1.54) is 5.56 Å². The Bertz CT molecular complexity index is 865. The van der Waals surface area contributed by atoms with Crippen LogP contribution in [0.3, 0.4) is 0 Å². The van der Waals surface area contributed by atoms with Crippen LogP contribution in [-0.2, 0) is 12.8 Å². The molecule has 1 atom stereocenters. The summed E-state index contributed by atoms with van der Waals surface area (Å²) in [6.07, 6.45) is -0.181. The molecule has 25 heavy (non-hydrogen) atoms. The molecule has 0 amide bonds. The van der Waals surface area contributed by atoms with Crippen molar-refractivity contribution in [3.8, 4) is 5.75 Å². The zero-order chi connectivity index (χ0) is 17.8. The summed E-state index contributed by atoms with van der Waals surface area (Å²) < 4.78 is 7.99. The maximum absolute atomic E-state index is 6.03. The van der Waals surface area contributed by atoms with Gasteiger partial charge < -0.3 is 9.30 Å². The van der Waals surface area contributed by atoms with Crippen LogP contribution < -0.4 is 4.74 Å². The molecule has 6 heteroatoms. The van der Waals surface area contributed by atoms with E-state index in [4.69, 9.17) is 16.3 Å². The largest absolute Gasteiger partial charge is 0.483 e. The zero-order valence-electron chi connectivity index (χ0n) is 14.4. The summed E-state index contributed by atoms with van der Waals surface area (Å²) in [6, 6.07) is 15.9. The molecule has 0 spiro atoms. The molecule has 0 aliphatic heterocycles. The van der Waals surface area contributed by atoms with Gasteiger partial charge >= 0.3 is 0 Å². The summed E-state index contributed by atoms with van der Waals surface area (Å²) in [7, 11) is 1.96. The van der Waals surface area contributed by atoms with Gasteiger partial charge in [0.2, 0.25) is 0 Å². The normalized spacial score (nSPS) is 12.2. The maximum Gasteiger partial charge on any atom is 0.191 e. The SMILES string of the molecule is Cc1cccc(OC(C)c2nnc(SCc3cccc(Cl)c3)n2C)c1. The van der Waals surface area contributed by atoms with Crippen LogP contribution in [0.25, 0.3) is 0 Å². The molecule has 0 N–H and O–H groups in total.